The Labute approximate surface area is 240 Å². The van der Waals surface area contributed by atoms with Gasteiger partial charge in [-0.05, 0) is 35.4 Å². The van der Waals surface area contributed by atoms with E-state index in [9.17, 15) is 0 Å². The summed E-state index contributed by atoms with van der Waals surface area (Å²) in [6.07, 6.45) is 4.92. The Morgan fingerprint density at radius 3 is 1.18 bits per heavy atom. The van der Waals surface area contributed by atoms with E-state index >= 15 is 0 Å². The van der Waals surface area contributed by atoms with Gasteiger partial charge in [-0.3, -0.25) is 0 Å². The Morgan fingerprint density at radius 1 is 0.538 bits per heavy atom. The molecule has 5 aromatic rings. The molecule has 39 heavy (non-hydrogen) atoms. The second kappa shape index (κ2) is 15.0. The van der Waals surface area contributed by atoms with E-state index in [2.05, 4.69) is 165 Å². The molecule has 0 heterocycles. The first-order chi connectivity index (χ1) is 19.3. The van der Waals surface area contributed by atoms with E-state index in [4.69, 9.17) is 0 Å². The maximum atomic E-state index is 3.52. The third kappa shape index (κ3) is 7.22. The lowest BCUT2D eigenvalue weighted by molar-refractivity contribution is 0.874. The molecule has 0 aromatic heterocycles. The van der Waals surface area contributed by atoms with Crippen molar-refractivity contribution in [1.82, 2.24) is 0 Å². The number of hydrogen-bond acceptors (Lipinski definition) is 0. The summed E-state index contributed by atoms with van der Waals surface area (Å²) in [6.45, 7) is 2.28. The quantitative estimate of drug-likeness (QED) is 0.142. The van der Waals surface area contributed by atoms with Gasteiger partial charge in [0.05, 0.1) is 6.15 Å². The van der Waals surface area contributed by atoms with E-state index in [1.807, 2.05) is 12.1 Å². The van der Waals surface area contributed by atoms with Crippen LogP contribution in [0.2, 0.25) is 6.32 Å². The molecule has 5 aromatic carbocycles. The standard InChI is InChI=1S/C22H24B.C15H14S/c1-2-3-19-23(20-13-7-4-8-14-20,21-15-9-5-10-16-21)22-17-11-6-12-18-22;16-12-11-15(13-7-3-1-4-8-13)14-9-5-2-6-10-14/h4-18H,2-3,19H2,1H3;1-11,16H,12H2/q-1;/p+1. The summed E-state index contributed by atoms with van der Waals surface area (Å²) in [7, 11) is 0. The zero-order valence-corrected chi connectivity index (χ0v) is 23.9. The van der Waals surface area contributed by atoms with Crippen molar-refractivity contribution in [2.45, 2.75) is 26.1 Å². The molecule has 2 heteroatoms. The van der Waals surface area contributed by atoms with E-state index in [1.165, 1.54) is 52.3 Å². The summed E-state index contributed by atoms with van der Waals surface area (Å²) >= 11 is 3.52. The van der Waals surface area contributed by atoms with Crippen molar-refractivity contribution in [2.24, 2.45) is 0 Å². The number of benzene rings is 5. The van der Waals surface area contributed by atoms with Crippen LogP contribution in [0.3, 0.4) is 0 Å². The minimum atomic E-state index is -0.913. The lowest BCUT2D eigenvalue weighted by atomic mass is 9.14. The molecule has 0 radical (unpaired) electrons. The summed E-state index contributed by atoms with van der Waals surface area (Å²) in [4.78, 5) is 0. The summed E-state index contributed by atoms with van der Waals surface area (Å²) < 4.78 is 0. The fraction of sp³-hybridized carbons (Fsp3) is 0.135. The van der Waals surface area contributed by atoms with Crippen LogP contribution < -0.4 is 16.4 Å². The monoisotopic (exact) mass is 526 g/mol. The summed E-state index contributed by atoms with van der Waals surface area (Å²) in [6, 6.07) is 54.1. The molecule has 0 atom stereocenters. The van der Waals surface area contributed by atoms with Crippen LogP contribution in [0.5, 0.6) is 0 Å². The van der Waals surface area contributed by atoms with Crippen molar-refractivity contribution in [3.8, 4) is 0 Å². The van der Waals surface area contributed by atoms with Crippen molar-refractivity contribution in [3.63, 3.8) is 0 Å². The van der Waals surface area contributed by atoms with Crippen molar-refractivity contribution in [1.29, 1.82) is 0 Å². The van der Waals surface area contributed by atoms with Crippen molar-refractivity contribution in [2.75, 3.05) is 5.75 Å². The SMILES string of the molecule is CCCC[B-](c1ccccc1)(c1ccccc1)c1ccccc1.[SH2+]CC=C(c1ccccc1)c1ccccc1. The molecule has 0 saturated carbocycles. The molecule has 0 amide bonds. The fourth-order valence-corrected chi connectivity index (χ4v) is 5.88. The van der Waals surface area contributed by atoms with Gasteiger partial charge in [-0.2, -0.15) is 22.7 Å². The van der Waals surface area contributed by atoms with Gasteiger partial charge in [0.25, 0.3) is 0 Å². The lowest BCUT2D eigenvalue weighted by Gasteiger charge is -2.43. The molecule has 0 saturated heterocycles. The van der Waals surface area contributed by atoms with Crippen molar-refractivity contribution in [3.05, 3.63) is 169 Å². The Morgan fingerprint density at radius 2 is 0.872 bits per heavy atom. The smallest absolute Gasteiger partial charge is 0.122 e. The van der Waals surface area contributed by atoms with E-state index in [-0.39, 0.29) is 0 Å². The van der Waals surface area contributed by atoms with Crippen molar-refractivity contribution < 1.29 is 0 Å². The first-order valence-electron chi connectivity index (χ1n) is 14.1. The predicted octanol–water partition coefficient (Wildman–Crippen LogP) is 7.09. The highest BCUT2D eigenvalue weighted by Gasteiger charge is 2.28. The zero-order valence-electron chi connectivity index (χ0n) is 22.9. The molecule has 0 N–H and O–H groups in total. The lowest BCUT2D eigenvalue weighted by Crippen LogP contribution is -2.66. The molecule has 0 spiro atoms. The highest BCUT2D eigenvalue weighted by Crippen LogP contribution is 2.22. The predicted molar refractivity (Wildman–Crippen MR) is 179 cm³/mol. The second-order valence-electron chi connectivity index (χ2n) is 9.97. The normalized spacial score (nSPS) is 10.7. The van der Waals surface area contributed by atoms with Gasteiger partial charge in [0.1, 0.15) is 5.75 Å². The van der Waals surface area contributed by atoms with Gasteiger partial charge >= 0.3 is 0 Å². The third-order valence-electron chi connectivity index (χ3n) is 7.57. The number of rotatable bonds is 9. The van der Waals surface area contributed by atoms with Gasteiger partial charge in [-0.25, -0.2) is 0 Å². The molecular weight excluding hydrogens is 487 g/mol. The van der Waals surface area contributed by atoms with E-state index in [0.29, 0.717) is 0 Å². The third-order valence-corrected chi connectivity index (χ3v) is 7.78. The van der Waals surface area contributed by atoms with E-state index < -0.39 is 6.15 Å². The molecule has 0 aliphatic rings. The van der Waals surface area contributed by atoms with Gasteiger partial charge in [0, 0.05) is 0 Å². The Kier molecular flexibility index (Phi) is 10.9. The number of unbranched alkanes of at least 4 members (excludes halogenated alkanes) is 1. The molecule has 0 aliphatic heterocycles. The Bertz CT molecular complexity index is 1240. The van der Waals surface area contributed by atoms with Crippen LogP contribution in [0, 0.1) is 0 Å². The summed E-state index contributed by atoms with van der Waals surface area (Å²) in [5, 5.41) is 0. The largest absolute Gasteiger partial charge is 0.200 e. The van der Waals surface area contributed by atoms with Crippen LogP contribution in [-0.2, 0) is 12.6 Å². The van der Waals surface area contributed by atoms with Gasteiger partial charge in [0.2, 0.25) is 0 Å². The first kappa shape index (κ1) is 28.3. The molecule has 0 nitrogen and oxygen atoms in total. The first-order valence-corrected chi connectivity index (χ1v) is 14.8. The molecular formula is C37H39BS. The highest BCUT2D eigenvalue weighted by atomic mass is 32.1. The van der Waals surface area contributed by atoms with Gasteiger partial charge in [0.15, 0.2) is 0 Å². The highest BCUT2D eigenvalue weighted by molar-refractivity contribution is 7.58. The Hall–Kier alpha value is -3.75. The number of hydrogen-bond donors (Lipinski definition) is 0. The Balaban J connectivity index is 0.000000193. The van der Waals surface area contributed by atoms with Gasteiger partial charge in [-0.15, -0.1) is 0 Å². The maximum Gasteiger partial charge on any atom is 0.122 e. The van der Waals surface area contributed by atoms with Crippen LogP contribution >= 0.6 is 0 Å². The second-order valence-corrected chi connectivity index (χ2v) is 10.4. The summed E-state index contributed by atoms with van der Waals surface area (Å²) in [5.74, 6) is 0.860. The summed E-state index contributed by atoms with van der Waals surface area (Å²) in [5.41, 5.74) is 8.12. The molecule has 0 aliphatic carbocycles. The van der Waals surface area contributed by atoms with Gasteiger partial charge in [-0.1, -0.05) is 171 Å². The zero-order chi connectivity index (χ0) is 27.2. The fourth-order valence-electron chi connectivity index (χ4n) is 5.67. The molecule has 0 unspecified atom stereocenters. The molecule has 196 valence electrons. The molecule has 5 rings (SSSR count). The van der Waals surface area contributed by atoms with Crippen LogP contribution in [-0.4, -0.2) is 11.9 Å². The minimum absolute atomic E-state index is 0.860. The van der Waals surface area contributed by atoms with Crippen molar-refractivity contribution >= 4 is 40.7 Å². The van der Waals surface area contributed by atoms with Crippen LogP contribution in [0.25, 0.3) is 5.57 Å². The van der Waals surface area contributed by atoms with E-state index in [0.717, 1.165) is 5.75 Å². The average molecular weight is 527 g/mol. The minimum Gasteiger partial charge on any atom is -0.200 e. The van der Waals surface area contributed by atoms with Crippen LogP contribution in [0.4, 0.5) is 0 Å². The van der Waals surface area contributed by atoms with Crippen LogP contribution in [0.1, 0.15) is 30.9 Å². The average Bonchev–Trinajstić information content (AvgIpc) is 3.03. The van der Waals surface area contributed by atoms with E-state index in [1.54, 1.807) is 0 Å². The van der Waals surface area contributed by atoms with Gasteiger partial charge < -0.3 is 0 Å². The van der Waals surface area contributed by atoms with Crippen LogP contribution in [0.15, 0.2) is 158 Å². The molecule has 0 bridgehead atoms. The molecule has 0 fully saturated rings. The topological polar surface area (TPSA) is 0 Å². The maximum absolute atomic E-state index is 3.52.